The van der Waals surface area contributed by atoms with E-state index < -0.39 is 0 Å². The largest absolute Gasteiger partial charge is 0.318 e. The summed E-state index contributed by atoms with van der Waals surface area (Å²) in [6.07, 6.45) is 3.07. The van der Waals surface area contributed by atoms with Gasteiger partial charge >= 0.3 is 0 Å². The average Bonchev–Trinajstić information content (AvgIpc) is 2.97. The molecule has 0 saturated carbocycles. The molecule has 1 aromatic rings. The average molecular weight is 294 g/mol. The summed E-state index contributed by atoms with van der Waals surface area (Å²) < 4.78 is 0. The Morgan fingerprint density at radius 1 is 1.40 bits per heavy atom. The number of rotatable bonds is 6. The number of hydrogen-bond acceptors (Lipinski definition) is 3. The van der Waals surface area contributed by atoms with Crippen LogP contribution >= 0.6 is 11.3 Å². The van der Waals surface area contributed by atoms with Crippen molar-refractivity contribution in [2.45, 2.75) is 65.2 Å². The van der Waals surface area contributed by atoms with Crippen LogP contribution in [-0.2, 0) is 4.79 Å². The van der Waals surface area contributed by atoms with Crippen LogP contribution in [0.5, 0.6) is 0 Å². The Kier molecular flexibility index (Phi) is 5.22. The van der Waals surface area contributed by atoms with E-state index in [0.29, 0.717) is 5.92 Å². The third-order valence-corrected chi connectivity index (χ3v) is 4.79. The molecule has 1 fully saturated rings. The van der Waals surface area contributed by atoms with Crippen LogP contribution in [0.3, 0.4) is 0 Å². The highest BCUT2D eigenvalue weighted by molar-refractivity contribution is 7.10. The molecule has 3 atom stereocenters. The molecule has 0 radical (unpaired) electrons. The summed E-state index contributed by atoms with van der Waals surface area (Å²) in [5.41, 5.74) is 0. The number of thiophene rings is 1. The Bertz CT molecular complexity index is 430. The maximum absolute atomic E-state index is 12.7. The van der Waals surface area contributed by atoms with Gasteiger partial charge in [-0.2, -0.15) is 0 Å². The molecule has 4 heteroatoms. The van der Waals surface area contributed by atoms with Crippen LogP contribution < -0.4 is 5.32 Å². The Balaban J connectivity index is 2.21. The third kappa shape index (κ3) is 3.23. The van der Waals surface area contributed by atoms with Gasteiger partial charge in [0.25, 0.3) is 0 Å². The van der Waals surface area contributed by atoms with E-state index in [1.165, 1.54) is 4.88 Å². The minimum absolute atomic E-state index is 0.0123. The first-order valence-corrected chi connectivity index (χ1v) is 8.54. The van der Waals surface area contributed by atoms with Crippen LogP contribution in [0.4, 0.5) is 0 Å². The second kappa shape index (κ2) is 6.72. The normalized spacial score (nSPS) is 24.6. The number of amides is 1. The van der Waals surface area contributed by atoms with Crippen molar-refractivity contribution in [1.82, 2.24) is 10.2 Å². The maximum Gasteiger partial charge on any atom is 0.241 e. The zero-order valence-electron chi connectivity index (χ0n) is 12.9. The second-order valence-corrected chi connectivity index (χ2v) is 7.13. The van der Waals surface area contributed by atoms with E-state index >= 15 is 0 Å². The van der Waals surface area contributed by atoms with Crippen molar-refractivity contribution in [3.8, 4) is 0 Å². The van der Waals surface area contributed by atoms with E-state index in [1.807, 2.05) is 0 Å². The molecule has 0 spiro atoms. The van der Waals surface area contributed by atoms with Crippen molar-refractivity contribution in [3.05, 3.63) is 22.4 Å². The number of carbonyl (C=O) groups is 1. The fourth-order valence-electron chi connectivity index (χ4n) is 3.08. The van der Waals surface area contributed by atoms with Gasteiger partial charge in [0, 0.05) is 10.9 Å². The molecule has 1 aromatic heterocycles. The molecule has 1 saturated heterocycles. The summed E-state index contributed by atoms with van der Waals surface area (Å²) in [5, 5.41) is 5.62. The monoisotopic (exact) mass is 294 g/mol. The van der Waals surface area contributed by atoms with E-state index in [0.717, 1.165) is 19.3 Å². The molecular formula is C16H26N2OS. The van der Waals surface area contributed by atoms with Gasteiger partial charge in [-0.15, -0.1) is 11.3 Å². The molecule has 3 nitrogen and oxygen atoms in total. The van der Waals surface area contributed by atoms with Crippen LogP contribution in [0.15, 0.2) is 17.5 Å². The lowest BCUT2D eigenvalue weighted by atomic mass is 10.0. The van der Waals surface area contributed by atoms with Crippen molar-refractivity contribution in [2.75, 3.05) is 0 Å². The molecule has 20 heavy (non-hydrogen) atoms. The molecule has 1 N–H and O–H groups in total. The van der Waals surface area contributed by atoms with Gasteiger partial charge in [-0.25, -0.2) is 0 Å². The predicted octanol–water partition coefficient (Wildman–Crippen LogP) is 3.78. The van der Waals surface area contributed by atoms with Gasteiger partial charge in [-0.1, -0.05) is 33.3 Å². The van der Waals surface area contributed by atoms with Gasteiger partial charge in [0.2, 0.25) is 5.91 Å². The topological polar surface area (TPSA) is 32.3 Å². The third-order valence-electron chi connectivity index (χ3n) is 3.87. The van der Waals surface area contributed by atoms with Gasteiger partial charge in [0.15, 0.2) is 0 Å². The van der Waals surface area contributed by atoms with E-state index in [1.54, 1.807) is 11.3 Å². The van der Waals surface area contributed by atoms with Crippen LogP contribution in [0, 0.1) is 5.92 Å². The predicted molar refractivity (Wildman–Crippen MR) is 84.7 cm³/mol. The molecule has 0 bridgehead atoms. The fourth-order valence-corrected chi connectivity index (χ4v) is 3.86. The van der Waals surface area contributed by atoms with Gasteiger partial charge in [0.05, 0.1) is 6.04 Å². The molecule has 2 heterocycles. The lowest BCUT2D eigenvalue weighted by Crippen LogP contribution is -2.39. The molecule has 0 aromatic carbocycles. The second-order valence-electron chi connectivity index (χ2n) is 6.15. The van der Waals surface area contributed by atoms with Gasteiger partial charge in [-0.05, 0) is 37.1 Å². The smallest absolute Gasteiger partial charge is 0.241 e. The number of nitrogens with zero attached hydrogens (tertiary/aromatic N) is 1. The molecule has 3 unspecified atom stereocenters. The molecule has 1 amide bonds. The lowest BCUT2D eigenvalue weighted by Gasteiger charge is -2.31. The first kappa shape index (κ1) is 15.5. The number of carbonyl (C=O) groups excluding carboxylic acids is 1. The van der Waals surface area contributed by atoms with Crippen LogP contribution in [0.1, 0.15) is 58.0 Å². The van der Waals surface area contributed by atoms with Gasteiger partial charge in [0.1, 0.15) is 6.17 Å². The molecule has 0 aliphatic carbocycles. The van der Waals surface area contributed by atoms with E-state index in [2.05, 4.69) is 55.4 Å². The van der Waals surface area contributed by atoms with Gasteiger partial charge < -0.3 is 4.90 Å². The molecule has 1 aliphatic rings. The summed E-state index contributed by atoms with van der Waals surface area (Å²) in [6, 6.07) is 4.45. The number of nitrogens with one attached hydrogen (secondary N) is 1. The summed E-state index contributed by atoms with van der Waals surface area (Å²) >= 11 is 1.73. The zero-order chi connectivity index (χ0) is 14.7. The van der Waals surface area contributed by atoms with E-state index in [4.69, 9.17) is 0 Å². The first-order chi connectivity index (χ1) is 9.54. The van der Waals surface area contributed by atoms with Crippen LogP contribution in [-0.4, -0.2) is 22.9 Å². The summed E-state index contributed by atoms with van der Waals surface area (Å²) in [7, 11) is 0. The van der Waals surface area contributed by atoms with Crippen molar-refractivity contribution >= 4 is 17.2 Å². The Morgan fingerprint density at radius 3 is 2.70 bits per heavy atom. The zero-order valence-corrected chi connectivity index (χ0v) is 13.7. The summed E-state index contributed by atoms with van der Waals surface area (Å²) in [4.78, 5) is 16.0. The Morgan fingerprint density at radius 2 is 2.15 bits per heavy atom. The standard InChI is InChI=1S/C16H26N2OS/c1-5-7-13-16(19)18(12(4)10-11(2)3)15(17-13)14-8-6-9-20-14/h6,8-9,11-13,15,17H,5,7,10H2,1-4H3. The highest BCUT2D eigenvalue weighted by Gasteiger charge is 2.41. The molecule has 2 rings (SSSR count). The number of hydrogen-bond donors (Lipinski definition) is 1. The quantitative estimate of drug-likeness (QED) is 0.866. The summed E-state index contributed by atoms with van der Waals surface area (Å²) in [5.74, 6) is 0.880. The van der Waals surface area contributed by atoms with E-state index in [-0.39, 0.29) is 24.2 Å². The minimum Gasteiger partial charge on any atom is -0.318 e. The van der Waals surface area contributed by atoms with Crippen LogP contribution in [0.25, 0.3) is 0 Å². The lowest BCUT2D eigenvalue weighted by molar-refractivity contribution is -0.132. The fraction of sp³-hybridized carbons (Fsp3) is 0.688. The van der Waals surface area contributed by atoms with Crippen LogP contribution in [0.2, 0.25) is 0 Å². The van der Waals surface area contributed by atoms with Gasteiger partial charge in [-0.3, -0.25) is 10.1 Å². The highest BCUT2D eigenvalue weighted by Crippen LogP contribution is 2.33. The highest BCUT2D eigenvalue weighted by atomic mass is 32.1. The SMILES string of the molecule is CCCC1NC(c2cccs2)N(C(C)CC(C)C)C1=O. The molecular weight excluding hydrogens is 268 g/mol. The van der Waals surface area contributed by atoms with E-state index in [9.17, 15) is 4.79 Å². The Labute approximate surface area is 126 Å². The van der Waals surface area contributed by atoms with Crippen molar-refractivity contribution in [2.24, 2.45) is 5.92 Å². The van der Waals surface area contributed by atoms with Crippen molar-refractivity contribution < 1.29 is 4.79 Å². The van der Waals surface area contributed by atoms with Crippen molar-refractivity contribution in [1.29, 1.82) is 0 Å². The maximum atomic E-state index is 12.7. The Hall–Kier alpha value is -0.870. The molecule has 112 valence electrons. The summed E-state index contributed by atoms with van der Waals surface area (Å²) in [6.45, 7) is 8.74. The minimum atomic E-state index is -0.0123. The van der Waals surface area contributed by atoms with Crippen molar-refractivity contribution in [3.63, 3.8) is 0 Å². The first-order valence-electron chi connectivity index (χ1n) is 7.66. The molecule has 1 aliphatic heterocycles.